The van der Waals surface area contributed by atoms with Gasteiger partial charge in [-0.1, -0.05) is 13.8 Å². The van der Waals surface area contributed by atoms with Crippen LogP contribution in [-0.2, 0) is 5.60 Å². The molecule has 1 unspecified atom stereocenters. The lowest BCUT2D eigenvalue weighted by molar-refractivity contribution is 0.0325. The average molecular weight is 183 g/mol. The summed E-state index contributed by atoms with van der Waals surface area (Å²) in [5, 5.41) is 13.1. The third-order valence-electron chi connectivity index (χ3n) is 1.91. The maximum atomic E-state index is 9.97. The molecule has 3 nitrogen and oxygen atoms in total. The third kappa shape index (κ3) is 2.86. The van der Waals surface area contributed by atoms with Crippen molar-refractivity contribution in [2.75, 3.05) is 6.54 Å². The van der Waals surface area contributed by atoms with Gasteiger partial charge in [0.25, 0.3) is 0 Å². The van der Waals surface area contributed by atoms with Crippen molar-refractivity contribution in [3.63, 3.8) is 0 Å². The first-order valence-electron chi connectivity index (χ1n) is 4.52. The lowest BCUT2D eigenvalue weighted by atomic mass is 10.0. The van der Waals surface area contributed by atoms with Crippen molar-refractivity contribution < 1.29 is 9.52 Å². The van der Waals surface area contributed by atoms with Crippen LogP contribution in [0.4, 0.5) is 0 Å². The van der Waals surface area contributed by atoms with E-state index in [1.54, 1.807) is 25.3 Å². The highest BCUT2D eigenvalue weighted by atomic mass is 16.4. The van der Waals surface area contributed by atoms with Crippen molar-refractivity contribution in [3.8, 4) is 0 Å². The minimum absolute atomic E-state index is 0.362. The number of nitrogens with one attached hydrogen (secondary N) is 1. The van der Waals surface area contributed by atoms with Gasteiger partial charge in [-0.25, -0.2) is 0 Å². The summed E-state index contributed by atoms with van der Waals surface area (Å²) in [5.41, 5.74) is -0.923. The second kappa shape index (κ2) is 3.94. The Labute approximate surface area is 78.8 Å². The number of aliphatic hydroxyl groups is 1. The maximum Gasteiger partial charge on any atom is 0.136 e. The highest BCUT2D eigenvalue weighted by Crippen LogP contribution is 2.19. The van der Waals surface area contributed by atoms with Gasteiger partial charge in [-0.15, -0.1) is 0 Å². The number of hydrogen-bond acceptors (Lipinski definition) is 3. The summed E-state index contributed by atoms with van der Waals surface area (Å²) in [7, 11) is 0. The van der Waals surface area contributed by atoms with E-state index in [4.69, 9.17) is 4.42 Å². The van der Waals surface area contributed by atoms with Gasteiger partial charge >= 0.3 is 0 Å². The molecule has 3 heteroatoms. The smallest absolute Gasteiger partial charge is 0.136 e. The highest BCUT2D eigenvalue weighted by molar-refractivity contribution is 5.08. The van der Waals surface area contributed by atoms with Gasteiger partial charge < -0.3 is 14.8 Å². The fourth-order valence-electron chi connectivity index (χ4n) is 1.07. The molecule has 0 aliphatic rings. The van der Waals surface area contributed by atoms with E-state index in [9.17, 15) is 5.11 Å². The van der Waals surface area contributed by atoms with Gasteiger partial charge in [0.1, 0.15) is 11.4 Å². The molecule has 13 heavy (non-hydrogen) atoms. The molecule has 0 radical (unpaired) electrons. The molecule has 1 atom stereocenters. The zero-order valence-electron chi connectivity index (χ0n) is 8.37. The largest absolute Gasteiger partial charge is 0.466 e. The number of furan rings is 1. The normalized spacial score (nSPS) is 16.1. The van der Waals surface area contributed by atoms with Crippen LogP contribution in [-0.4, -0.2) is 17.7 Å². The van der Waals surface area contributed by atoms with Crippen molar-refractivity contribution in [3.05, 3.63) is 24.2 Å². The van der Waals surface area contributed by atoms with E-state index in [-0.39, 0.29) is 0 Å². The topological polar surface area (TPSA) is 45.4 Å². The molecule has 1 rings (SSSR count). The lowest BCUT2D eigenvalue weighted by Gasteiger charge is -2.22. The highest BCUT2D eigenvalue weighted by Gasteiger charge is 2.25. The van der Waals surface area contributed by atoms with Crippen LogP contribution in [0.5, 0.6) is 0 Å². The summed E-state index contributed by atoms with van der Waals surface area (Å²) in [5.74, 6) is 0.598. The summed E-state index contributed by atoms with van der Waals surface area (Å²) in [6.07, 6.45) is 1.57. The van der Waals surface area contributed by atoms with Gasteiger partial charge in [0, 0.05) is 12.6 Å². The van der Waals surface area contributed by atoms with Gasteiger partial charge in [0.2, 0.25) is 0 Å². The van der Waals surface area contributed by atoms with Crippen LogP contribution < -0.4 is 5.32 Å². The SMILES string of the molecule is CC(C)NCC(C)(O)c1ccco1. The first-order valence-corrected chi connectivity index (χ1v) is 4.52. The molecular formula is C10H17NO2. The van der Waals surface area contributed by atoms with E-state index in [0.717, 1.165) is 0 Å². The van der Waals surface area contributed by atoms with Gasteiger partial charge in [0.15, 0.2) is 0 Å². The number of hydrogen-bond donors (Lipinski definition) is 2. The molecule has 74 valence electrons. The minimum Gasteiger partial charge on any atom is -0.466 e. The predicted molar refractivity (Wildman–Crippen MR) is 51.4 cm³/mol. The van der Waals surface area contributed by atoms with Crippen LogP contribution in [0.25, 0.3) is 0 Å². The third-order valence-corrected chi connectivity index (χ3v) is 1.91. The van der Waals surface area contributed by atoms with Crippen molar-refractivity contribution in [1.82, 2.24) is 5.32 Å². The van der Waals surface area contributed by atoms with Crippen LogP contribution in [0.15, 0.2) is 22.8 Å². The van der Waals surface area contributed by atoms with Crippen molar-refractivity contribution in [2.45, 2.75) is 32.4 Å². The summed E-state index contributed by atoms with van der Waals surface area (Å²) in [6.45, 7) is 6.32. The lowest BCUT2D eigenvalue weighted by Crippen LogP contribution is -2.38. The van der Waals surface area contributed by atoms with E-state index >= 15 is 0 Å². The molecule has 0 aromatic carbocycles. The Kier molecular flexibility index (Phi) is 3.12. The van der Waals surface area contributed by atoms with Crippen LogP contribution in [0.1, 0.15) is 26.5 Å². The van der Waals surface area contributed by atoms with Crippen molar-refractivity contribution in [2.24, 2.45) is 0 Å². The van der Waals surface area contributed by atoms with E-state index in [0.29, 0.717) is 18.3 Å². The summed E-state index contributed by atoms with van der Waals surface area (Å²) in [4.78, 5) is 0. The van der Waals surface area contributed by atoms with Gasteiger partial charge in [-0.05, 0) is 19.1 Å². The molecule has 0 aliphatic heterocycles. The van der Waals surface area contributed by atoms with Crippen molar-refractivity contribution >= 4 is 0 Å². The molecule has 1 heterocycles. The van der Waals surface area contributed by atoms with E-state index < -0.39 is 5.60 Å². The minimum atomic E-state index is -0.923. The Balaban J connectivity index is 2.56. The summed E-state index contributed by atoms with van der Waals surface area (Å²) >= 11 is 0. The maximum absolute atomic E-state index is 9.97. The Hall–Kier alpha value is -0.800. The standard InChI is InChI=1S/C10H17NO2/c1-8(2)11-7-10(3,12)9-5-4-6-13-9/h4-6,8,11-12H,7H2,1-3H3. The molecule has 1 aromatic rings. The van der Waals surface area contributed by atoms with Crippen molar-refractivity contribution in [1.29, 1.82) is 0 Å². The Morgan fingerprint density at radius 1 is 1.62 bits per heavy atom. The van der Waals surface area contributed by atoms with Crippen LogP contribution in [0.3, 0.4) is 0 Å². The first-order chi connectivity index (χ1) is 6.02. The predicted octanol–water partition coefficient (Wildman–Crippen LogP) is 1.49. The molecule has 0 fully saturated rings. The Morgan fingerprint density at radius 2 is 2.31 bits per heavy atom. The molecule has 0 aliphatic carbocycles. The average Bonchev–Trinajstić information content (AvgIpc) is 2.53. The molecule has 2 N–H and O–H groups in total. The monoisotopic (exact) mass is 183 g/mol. The first kappa shape index (κ1) is 10.3. The quantitative estimate of drug-likeness (QED) is 0.743. The van der Waals surface area contributed by atoms with Gasteiger partial charge in [-0.2, -0.15) is 0 Å². The number of rotatable bonds is 4. The molecule has 0 amide bonds. The van der Waals surface area contributed by atoms with Crippen LogP contribution in [0, 0.1) is 0 Å². The van der Waals surface area contributed by atoms with E-state index in [1.165, 1.54) is 0 Å². The zero-order valence-corrected chi connectivity index (χ0v) is 8.37. The van der Waals surface area contributed by atoms with Gasteiger partial charge in [-0.3, -0.25) is 0 Å². The molecule has 0 bridgehead atoms. The second-order valence-electron chi connectivity index (χ2n) is 3.79. The Bertz CT molecular complexity index is 239. The molecule has 0 saturated carbocycles. The fraction of sp³-hybridized carbons (Fsp3) is 0.600. The van der Waals surface area contributed by atoms with Gasteiger partial charge in [0.05, 0.1) is 6.26 Å². The van der Waals surface area contributed by atoms with Crippen LogP contribution >= 0.6 is 0 Å². The fourth-order valence-corrected chi connectivity index (χ4v) is 1.07. The van der Waals surface area contributed by atoms with E-state index in [2.05, 4.69) is 5.32 Å². The summed E-state index contributed by atoms with van der Waals surface area (Å²) < 4.78 is 5.14. The Morgan fingerprint density at radius 3 is 2.77 bits per heavy atom. The molecular weight excluding hydrogens is 166 g/mol. The molecule has 0 saturated heterocycles. The van der Waals surface area contributed by atoms with E-state index in [1.807, 2.05) is 13.8 Å². The van der Waals surface area contributed by atoms with Crippen LogP contribution in [0.2, 0.25) is 0 Å². The zero-order chi connectivity index (χ0) is 9.90. The second-order valence-corrected chi connectivity index (χ2v) is 3.79. The molecule has 1 aromatic heterocycles. The molecule has 0 spiro atoms. The summed E-state index contributed by atoms with van der Waals surface area (Å²) in [6, 6.07) is 3.92.